The van der Waals surface area contributed by atoms with Crippen LogP contribution >= 0.6 is 12.2 Å². The summed E-state index contributed by atoms with van der Waals surface area (Å²) in [4.78, 5) is 23.8. The van der Waals surface area contributed by atoms with Gasteiger partial charge in [-0.25, -0.2) is 0 Å². The molecule has 0 aromatic heterocycles. The number of carbonyl (C=O) groups excluding carboxylic acids is 2. The molecule has 0 fully saturated rings. The molecule has 0 aliphatic rings. The predicted octanol–water partition coefficient (Wildman–Crippen LogP) is 4.10. The number of benzene rings is 2. The van der Waals surface area contributed by atoms with Crippen molar-refractivity contribution in [2.75, 3.05) is 18.5 Å². The van der Waals surface area contributed by atoms with Gasteiger partial charge in [0.25, 0.3) is 0 Å². The Hall–Kier alpha value is -2.93. The predicted molar refractivity (Wildman–Crippen MR) is 121 cm³/mol. The van der Waals surface area contributed by atoms with Crippen LogP contribution in [0.25, 0.3) is 0 Å². The minimum atomic E-state index is -0.407. The van der Waals surface area contributed by atoms with E-state index in [2.05, 4.69) is 24.5 Å². The van der Waals surface area contributed by atoms with Crippen molar-refractivity contribution < 1.29 is 19.1 Å². The van der Waals surface area contributed by atoms with Gasteiger partial charge in [-0.05, 0) is 35.8 Å². The normalized spacial score (nSPS) is 10.4. The largest absolute Gasteiger partial charge is 0.493 e. The summed E-state index contributed by atoms with van der Waals surface area (Å²) in [5.41, 5.74) is 1.81. The van der Waals surface area contributed by atoms with Crippen molar-refractivity contribution in [2.24, 2.45) is 5.92 Å². The third-order valence-corrected chi connectivity index (χ3v) is 4.19. The lowest BCUT2D eigenvalue weighted by atomic mass is 10.2. The molecule has 2 rings (SSSR count). The molecule has 160 valence electrons. The molecule has 0 heterocycles. The van der Waals surface area contributed by atoms with Gasteiger partial charge in [-0.2, -0.15) is 0 Å². The summed E-state index contributed by atoms with van der Waals surface area (Å²) in [5, 5.41) is 5.68. The molecule has 0 saturated carbocycles. The van der Waals surface area contributed by atoms with Crippen LogP contribution in [0.5, 0.6) is 5.75 Å². The van der Waals surface area contributed by atoms with Gasteiger partial charge >= 0.3 is 5.97 Å². The lowest BCUT2D eigenvalue weighted by Crippen LogP contribution is -2.34. The van der Waals surface area contributed by atoms with E-state index in [1.165, 1.54) is 0 Å². The van der Waals surface area contributed by atoms with Gasteiger partial charge < -0.3 is 20.1 Å². The molecular weight excluding hydrogens is 400 g/mol. The van der Waals surface area contributed by atoms with Gasteiger partial charge in [0.15, 0.2) is 5.11 Å². The number of rotatable bonds is 10. The molecule has 0 aliphatic heterocycles. The average molecular weight is 429 g/mol. The van der Waals surface area contributed by atoms with Crippen molar-refractivity contribution in [1.82, 2.24) is 5.32 Å². The van der Waals surface area contributed by atoms with Crippen molar-refractivity contribution in [3.8, 4) is 5.75 Å². The topological polar surface area (TPSA) is 76.7 Å². The third-order valence-electron chi connectivity index (χ3n) is 3.98. The van der Waals surface area contributed by atoms with E-state index in [-0.39, 0.29) is 23.9 Å². The Morgan fingerprint density at radius 2 is 1.80 bits per heavy atom. The summed E-state index contributed by atoms with van der Waals surface area (Å²) in [6.45, 7) is 5.06. The van der Waals surface area contributed by atoms with E-state index in [0.29, 0.717) is 31.2 Å². The zero-order chi connectivity index (χ0) is 21.8. The Balaban J connectivity index is 1.66. The Labute approximate surface area is 183 Å². The fraction of sp³-hybridized carbons (Fsp3) is 0.348. The number of hydrogen-bond donors (Lipinski definition) is 2. The van der Waals surface area contributed by atoms with Crippen molar-refractivity contribution in [3.63, 3.8) is 0 Å². The summed E-state index contributed by atoms with van der Waals surface area (Å²) < 4.78 is 10.8. The molecule has 1 amide bonds. The third kappa shape index (κ3) is 9.52. The Kier molecular flexibility index (Phi) is 9.80. The zero-order valence-corrected chi connectivity index (χ0v) is 18.2. The lowest BCUT2D eigenvalue weighted by Gasteiger charge is -2.12. The van der Waals surface area contributed by atoms with Crippen LogP contribution in [-0.4, -0.2) is 30.2 Å². The fourth-order valence-electron chi connectivity index (χ4n) is 2.49. The van der Waals surface area contributed by atoms with E-state index in [4.69, 9.17) is 21.7 Å². The first kappa shape index (κ1) is 23.3. The van der Waals surface area contributed by atoms with Crippen molar-refractivity contribution in [2.45, 2.75) is 33.1 Å². The smallest absolute Gasteiger partial charge is 0.306 e. The van der Waals surface area contributed by atoms with Crippen LogP contribution in [0, 0.1) is 5.92 Å². The van der Waals surface area contributed by atoms with Crippen molar-refractivity contribution >= 4 is 34.9 Å². The van der Waals surface area contributed by atoms with Crippen LogP contribution in [-0.2, 0) is 20.7 Å². The summed E-state index contributed by atoms with van der Waals surface area (Å²) >= 11 is 5.17. The van der Waals surface area contributed by atoms with Gasteiger partial charge in [0.2, 0.25) is 5.91 Å². The van der Waals surface area contributed by atoms with Gasteiger partial charge in [-0.15, -0.1) is 0 Å². The van der Waals surface area contributed by atoms with Crippen LogP contribution in [0.4, 0.5) is 5.69 Å². The van der Waals surface area contributed by atoms with E-state index in [1.807, 2.05) is 54.6 Å². The van der Waals surface area contributed by atoms with Gasteiger partial charge in [0, 0.05) is 24.6 Å². The number of thiocarbonyl (C=S) groups is 1. The second-order valence-electron chi connectivity index (χ2n) is 7.19. The Morgan fingerprint density at radius 3 is 2.53 bits per heavy atom. The monoisotopic (exact) mass is 428 g/mol. The van der Waals surface area contributed by atoms with E-state index in [0.717, 1.165) is 11.3 Å². The second-order valence-corrected chi connectivity index (χ2v) is 7.60. The molecular formula is C23H28N2O4S. The quantitative estimate of drug-likeness (QED) is 0.438. The molecule has 6 nitrogen and oxygen atoms in total. The Bertz CT molecular complexity index is 840. The van der Waals surface area contributed by atoms with Gasteiger partial charge in [-0.3, -0.25) is 9.59 Å². The van der Waals surface area contributed by atoms with E-state index < -0.39 is 5.97 Å². The highest BCUT2D eigenvalue weighted by molar-refractivity contribution is 7.80. The van der Waals surface area contributed by atoms with Crippen LogP contribution in [0.1, 0.15) is 32.3 Å². The first-order chi connectivity index (χ1) is 14.4. The summed E-state index contributed by atoms with van der Waals surface area (Å²) in [6, 6.07) is 17.1. The standard InChI is InChI=1S/C23H28N2O4S/c1-17(2)16-29-20-10-6-9-19(15-20)24-23(30)25-21(26)11-12-22(27)28-14-13-18-7-4-3-5-8-18/h3-10,15,17H,11-14,16H2,1-2H3,(H2,24,25,26,30). The maximum atomic E-state index is 12.0. The van der Waals surface area contributed by atoms with Gasteiger partial charge in [-0.1, -0.05) is 50.2 Å². The number of carbonyl (C=O) groups is 2. The van der Waals surface area contributed by atoms with Crippen LogP contribution < -0.4 is 15.4 Å². The SMILES string of the molecule is CC(C)COc1cccc(NC(=S)NC(=O)CCC(=O)OCCc2ccccc2)c1. The summed E-state index contributed by atoms with van der Waals surface area (Å²) in [7, 11) is 0. The molecule has 30 heavy (non-hydrogen) atoms. The molecule has 2 aromatic carbocycles. The summed E-state index contributed by atoms with van der Waals surface area (Å²) in [6.07, 6.45) is 0.651. The van der Waals surface area contributed by atoms with Gasteiger partial charge in [0.1, 0.15) is 5.75 Å². The first-order valence-corrected chi connectivity index (χ1v) is 10.4. The van der Waals surface area contributed by atoms with Crippen LogP contribution in [0.2, 0.25) is 0 Å². The van der Waals surface area contributed by atoms with E-state index in [1.54, 1.807) is 0 Å². The van der Waals surface area contributed by atoms with Crippen LogP contribution in [0.15, 0.2) is 54.6 Å². The minimum absolute atomic E-state index is 0.00175. The number of esters is 1. The Morgan fingerprint density at radius 1 is 1.03 bits per heavy atom. The molecule has 0 atom stereocenters. The number of ether oxygens (including phenoxy) is 2. The molecule has 2 aromatic rings. The molecule has 7 heteroatoms. The highest BCUT2D eigenvalue weighted by Gasteiger charge is 2.10. The van der Waals surface area contributed by atoms with Crippen molar-refractivity contribution in [1.29, 1.82) is 0 Å². The highest BCUT2D eigenvalue weighted by Crippen LogP contribution is 2.18. The maximum Gasteiger partial charge on any atom is 0.306 e. The first-order valence-electron chi connectivity index (χ1n) is 9.95. The molecule has 2 N–H and O–H groups in total. The lowest BCUT2D eigenvalue weighted by molar-refractivity contribution is -0.144. The number of hydrogen-bond acceptors (Lipinski definition) is 5. The maximum absolute atomic E-state index is 12.0. The van der Waals surface area contributed by atoms with Crippen molar-refractivity contribution in [3.05, 3.63) is 60.2 Å². The minimum Gasteiger partial charge on any atom is -0.493 e. The number of anilines is 1. The molecule has 0 radical (unpaired) electrons. The van der Waals surface area contributed by atoms with Gasteiger partial charge in [0.05, 0.1) is 19.6 Å². The second kappa shape index (κ2) is 12.6. The fourth-order valence-corrected chi connectivity index (χ4v) is 2.72. The zero-order valence-electron chi connectivity index (χ0n) is 17.4. The molecule has 0 spiro atoms. The van der Waals surface area contributed by atoms with E-state index in [9.17, 15) is 9.59 Å². The molecule has 0 bridgehead atoms. The molecule has 0 unspecified atom stereocenters. The number of amides is 1. The molecule has 0 aliphatic carbocycles. The molecule has 0 saturated heterocycles. The average Bonchev–Trinajstić information content (AvgIpc) is 2.72. The van der Waals surface area contributed by atoms with E-state index >= 15 is 0 Å². The number of nitrogens with one attached hydrogen (secondary N) is 2. The summed E-state index contributed by atoms with van der Waals surface area (Å²) in [5.74, 6) is 0.391. The highest BCUT2D eigenvalue weighted by atomic mass is 32.1. The van der Waals surface area contributed by atoms with Crippen LogP contribution in [0.3, 0.4) is 0 Å².